The van der Waals surface area contributed by atoms with Gasteiger partial charge in [0.1, 0.15) is 0 Å². The number of H-pyrrole nitrogens is 2. The zero-order valence-electron chi connectivity index (χ0n) is 18.4. The van der Waals surface area contributed by atoms with Gasteiger partial charge in [0.05, 0.1) is 22.7 Å². The molecule has 6 rings (SSSR count). The van der Waals surface area contributed by atoms with E-state index < -0.39 is 44.5 Å². The SMILES string of the molecule is Fc1c(F)c(F)c(C2(Cl)c3ccc([nH]3)C=c3ccc([nH]3)=CC3=NC(=CC4=NC2(Cl)C=C4)C=C3)c(F)c1F. The van der Waals surface area contributed by atoms with Crippen molar-refractivity contribution < 1.29 is 22.0 Å². The van der Waals surface area contributed by atoms with E-state index in [1.54, 1.807) is 30.4 Å². The first kappa shape index (κ1) is 23.7. The lowest BCUT2D eigenvalue weighted by Crippen LogP contribution is -2.43. The van der Waals surface area contributed by atoms with Gasteiger partial charge in [-0.05, 0) is 66.8 Å². The van der Waals surface area contributed by atoms with Gasteiger partial charge in [-0.25, -0.2) is 26.9 Å². The van der Waals surface area contributed by atoms with Gasteiger partial charge in [-0.1, -0.05) is 11.6 Å². The molecule has 186 valence electrons. The minimum absolute atomic E-state index is 0.146. The fourth-order valence-corrected chi connectivity index (χ4v) is 5.20. The molecule has 0 fully saturated rings. The quantitative estimate of drug-likeness (QED) is 0.142. The third kappa shape index (κ3) is 3.56. The van der Waals surface area contributed by atoms with Crippen molar-refractivity contribution >= 4 is 46.8 Å². The molecule has 1 aromatic carbocycles. The van der Waals surface area contributed by atoms with E-state index in [1.165, 1.54) is 24.3 Å². The van der Waals surface area contributed by atoms with Gasteiger partial charge < -0.3 is 9.97 Å². The van der Waals surface area contributed by atoms with Gasteiger partial charge in [-0.3, -0.25) is 4.99 Å². The first-order chi connectivity index (χ1) is 17.6. The summed E-state index contributed by atoms with van der Waals surface area (Å²) in [5, 5.41) is 1.42. The third-order valence-corrected chi connectivity index (χ3v) is 7.48. The molecule has 2 N–H and O–H groups in total. The number of hydrogen-bond acceptors (Lipinski definition) is 2. The van der Waals surface area contributed by atoms with Crippen molar-refractivity contribution in [3.63, 3.8) is 0 Å². The molecular weight excluding hydrogens is 534 g/mol. The molecule has 4 nitrogen and oxygen atoms in total. The summed E-state index contributed by atoms with van der Waals surface area (Å²) in [6.07, 6.45) is 11.2. The third-order valence-electron chi connectivity index (χ3n) is 6.21. The number of alkyl halides is 2. The average Bonchev–Trinajstić information content (AvgIpc) is 3.66. The molecule has 0 spiro atoms. The maximum absolute atomic E-state index is 15.2. The van der Waals surface area contributed by atoms with Crippen LogP contribution in [0.5, 0.6) is 0 Å². The second-order valence-electron chi connectivity index (χ2n) is 8.57. The van der Waals surface area contributed by atoms with Crippen molar-refractivity contribution in [3.8, 4) is 0 Å². The summed E-state index contributed by atoms with van der Waals surface area (Å²) in [5.74, 6) is -10.8. The summed E-state index contributed by atoms with van der Waals surface area (Å²) in [7, 11) is 0. The fourth-order valence-electron chi connectivity index (χ4n) is 4.47. The molecule has 0 amide bonds. The molecule has 3 aromatic rings. The standard InChI is InChI=1S/C26H13Cl2F5N4/c27-25-8-7-17(37-25)11-15-4-3-13(35-15)9-12-1-2-14(34-12)10-16-5-6-18(36-16)26(25,28)19-20(29)22(31)24(33)23(32)21(19)30/h1-11,34,36H. The maximum Gasteiger partial charge on any atom is 0.200 e. The molecule has 3 aliphatic heterocycles. The topological polar surface area (TPSA) is 56.3 Å². The average molecular weight is 547 g/mol. The Balaban J connectivity index is 1.68. The maximum atomic E-state index is 15.2. The van der Waals surface area contributed by atoms with Gasteiger partial charge in [-0.2, -0.15) is 0 Å². The summed E-state index contributed by atoms with van der Waals surface area (Å²) in [4.78, 5) is 10.1. The van der Waals surface area contributed by atoms with Crippen molar-refractivity contribution in [3.05, 3.63) is 117 Å². The zero-order chi connectivity index (χ0) is 26.1. The number of aromatic amines is 2. The largest absolute Gasteiger partial charge is 0.357 e. The van der Waals surface area contributed by atoms with Crippen LogP contribution >= 0.6 is 23.2 Å². The summed E-state index contributed by atoms with van der Waals surface area (Å²) in [5.41, 5.74) is 0.307. The number of nitrogens with one attached hydrogen (secondary N) is 2. The number of aromatic nitrogens is 2. The Morgan fingerprint density at radius 1 is 0.676 bits per heavy atom. The molecule has 2 aromatic heterocycles. The van der Waals surface area contributed by atoms with Crippen LogP contribution in [0, 0.1) is 29.1 Å². The van der Waals surface area contributed by atoms with Crippen LogP contribution in [0.1, 0.15) is 17.0 Å². The molecule has 8 bridgehead atoms. The van der Waals surface area contributed by atoms with E-state index in [0.29, 0.717) is 22.5 Å². The second-order valence-corrected chi connectivity index (χ2v) is 9.71. The number of nitrogens with zero attached hydrogens (tertiary/aromatic N) is 2. The van der Waals surface area contributed by atoms with Crippen molar-refractivity contribution in [1.29, 1.82) is 0 Å². The summed E-state index contributed by atoms with van der Waals surface area (Å²) >= 11 is 13.7. The lowest BCUT2D eigenvalue weighted by Gasteiger charge is -2.37. The first-order valence-electron chi connectivity index (χ1n) is 10.8. The van der Waals surface area contributed by atoms with E-state index in [-0.39, 0.29) is 11.4 Å². The molecule has 0 aliphatic carbocycles. The Bertz CT molecular complexity index is 1750. The summed E-state index contributed by atoms with van der Waals surface area (Å²) in [6.45, 7) is 0. The molecule has 0 radical (unpaired) electrons. The fraction of sp³-hybridized carbons (Fsp3) is 0.0769. The second kappa shape index (κ2) is 8.16. The normalized spacial score (nSPS) is 23.9. The van der Waals surface area contributed by atoms with E-state index in [9.17, 15) is 13.2 Å². The number of halogens is 7. The first-order valence-corrected chi connectivity index (χ1v) is 11.6. The van der Waals surface area contributed by atoms with Crippen LogP contribution in [-0.4, -0.2) is 26.4 Å². The Kier molecular flexibility index (Phi) is 5.22. The molecule has 37 heavy (non-hydrogen) atoms. The molecular formula is C26H13Cl2F5N4. The van der Waals surface area contributed by atoms with Crippen molar-refractivity contribution in [2.24, 2.45) is 9.98 Å². The van der Waals surface area contributed by atoms with E-state index in [4.69, 9.17) is 23.2 Å². The smallest absolute Gasteiger partial charge is 0.200 e. The van der Waals surface area contributed by atoms with Gasteiger partial charge in [0, 0.05) is 22.1 Å². The summed E-state index contributed by atoms with van der Waals surface area (Å²) < 4.78 is 73.0. The van der Waals surface area contributed by atoms with E-state index in [2.05, 4.69) is 20.0 Å². The van der Waals surface area contributed by atoms with Crippen LogP contribution in [-0.2, 0) is 4.87 Å². The molecule has 5 heterocycles. The van der Waals surface area contributed by atoms with E-state index in [1.807, 2.05) is 12.1 Å². The van der Waals surface area contributed by atoms with E-state index >= 15 is 8.78 Å². The van der Waals surface area contributed by atoms with Crippen molar-refractivity contribution in [2.75, 3.05) is 0 Å². The summed E-state index contributed by atoms with van der Waals surface area (Å²) in [6, 6.07) is 6.50. The highest BCUT2D eigenvalue weighted by atomic mass is 35.5. The van der Waals surface area contributed by atoms with Crippen LogP contribution < -0.4 is 10.7 Å². The highest BCUT2D eigenvalue weighted by Gasteiger charge is 2.57. The van der Waals surface area contributed by atoms with Crippen LogP contribution in [0.3, 0.4) is 0 Å². The Hall–Kier alpha value is -3.69. The van der Waals surface area contributed by atoms with Crippen LogP contribution in [0.25, 0.3) is 12.2 Å². The van der Waals surface area contributed by atoms with Crippen molar-refractivity contribution in [2.45, 2.75) is 9.87 Å². The van der Waals surface area contributed by atoms with E-state index in [0.717, 1.165) is 5.35 Å². The number of fused-ring (bicyclic) bond motifs is 6. The lowest BCUT2D eigenvalue weighted by molar-refractivity contribution is 0.356. The number of hydrogen-bond donors (Lipinski definition) is 2. The predicted molar refractivity (Wildman–Crippen MR) is 132 cm³/mol. The molecule has 2 unspecified atom stereocenters. The number of allylic oxidation sites excluding steroid dienone is 4. The molecule has 2 atom stereocenters. The zero-order valence-corrected chi connectivity index (χ0v) is 19.9. The molecule has 0 saturated heterocycles. The number of rotatable bonds is 1. The monoisotopic (exact) mass is 546 g/mol. The highest BCUT2D eigenvalue weighted by Crippen LogP contribution is 2.54. The van der Waals surface area contributed by atoms with Gasteiger partial charge in [0.2, 0.25) is 5.82 Å². The minimum atomic E-state index is -2.59. The molecule has 0 saturated carbocycles. The molecule has 11 heteroatoms. The Morgan fingerprint density at radius 2 is 1.35 bits per heavy atom. The van der Waals surface area contributed by atoms with Gasteiger partial charge in [0.25, 0.3) is 0 Å². The van der Waals surface area contributed by atoms with Crippen molar-refractivity contribution in [1.82, 2.24) is 9.97 Å². The Labute approximate surface area is 215 Å². The van der Waals surface area contributed by atoms with Gasteiger partial charge in [-0.15, -0.1) is 11.6 Å². The molecule has 3 aliphatic rings. The predicted octanol–water partition coefficient (Wildman–Crippen LogP) is 4.98. The van der Waals surface area contributed by atoms with Gasteiger partial charge >= 0.3 is 0 Å². The van der Waals surface area contributed by atoms with Gasteiger partial charge in [0.15, 0.2) is 33.1 Å². The van der Waals surface area contributed by atoms with Crippen LogP contribution in [0.15, 0.2) is 70.3 Å². The number of aliphatic imine (C=N–C) groups is 2. The van der Waals surface area contributed by atoms with Crippen LogP contribution in [0.2, 0.25) is 0 Å². The van der Waals surface area contributed by atoms with Crippen LogP contribution in [0.4, 0.5) is 22.0 Å². The lowest BCUT2D eigenvalue weighted by atomic mass is 9.86. The number of benzene rings is 1. The minimum Gasteiger partial charge on any atom is -0.357 e. The highest BCUT2D eigenvalue weighted by molar-refractivity contribution is 6.38. The Morgan fingerprint density at radius 3 is 2.08 bits per heavy atom.